The van der Waals surface area contributed by atoms with Crippen LogP contribution < -0.4 is 16.2 Å². The molecule has 4 rings (SSSR count). The highest BCUT2D eigenvalue weighted by Crippen LogP contribution is 2.24. The maximum absolute atomic E-state index is 11.6. The molecule has 1 atom stereocenters. The minimum absolute atomic E-state index is 0.0871. The highest BCUT2D eigenvalue weighted by molar-refractivity contribution is 7.88. The lowest BCUT2D eigenvalue weighted by atomic mass is 9.97. The molecule has 3 aromatic rings. The van der Waals surface area contributed by atoms with Gasteiger partial charge in [0.25, 0.3) is 0 Å². The van der Waals surface area contributed by atoms with Crippen LogP contribution in [0, 0.1) is 5.92 Å². The van der Waals surface area contributed by atoms with Crippen LogP contribution in [0.25, 0.3) is 11.3 Å². The molecule has 2 heterocycles. The Hall–Kier alpha value is -3.34. The third-order valence-corrected chi connectivity index (χ3v) is 6.51. The number of anilines is 2. The first-order chi connectivity index (χ1) is 16.2. The highest BCUT2D eigenvalue weighted by atomic mass is 32.2. The van der Waals surface area contributed by atoms with Gasteiger partial charge in [0.2, 0.25) is 15.9 Å². The van der Waals surface area contributed by atoms with Crippen LogP contribution in [0.1, 0.15) is 24.0 Å². The lowest BCUT2D eigenvalue weighted by molar-refractivity contribution is -0.123. The number of likely N-dealkylation sites (tertiary alicyclic amines) is 1. The second kappa shape index (κ2) is 10.3. The van der Waals surface area contributed by atoms with Gasteiger partial charge in [-0.1, -0.05) is 30.3 Å². The summed E-state index contributed by atoms with van der Waals surface area (Å²) in [6.07, 6.45) is 3.31. The molecule has 0 aliphatic carbocycles. The minimum Gasteiger partial charge on any atom is -0.369 e. The van der Waals surface area contributed by atoms with E-state index in [4.69, 9.17) is 10.9 Å². The van der Waals surface area contributed by atoms with E-state index in [-0.39, 0.29) is 17.6 Å². The van der Waals surface area contributed by atoms with Crippen molar-refractivity contribution in [2.24, 2.45) is 16.8 Å². The average Bonchev–Trinajstić information content (AvgIpc) is 2.79. The topological polar surface area (TPSA) is 144 Å². The summed E-state index contributed by atoms with van der Waals surface area (Å²) in [4.78, 5) is 22.5. The Balaban J connectivity index is 1.48. The number of carbonyl (C=O) groups is 1. The largest absolute Gasteiger partial charge is 0.369 e. The number of rotatable bonds is 8. The van der Waals surface area contributed by atoms with E-state index in [1.165, 1.54) is 6.33 Å². The molecule has 1 saturated heterocycles. The number of piperidine rings is 1. The zero-order valence-electron chi connectivity index (χ0n) is 18.7. The van der Waals surface area contributed by atoms with E-state index < -0.39 is 10.0 Å². The molecule has 0 saturated carbocycles. The summed E-state index contributed by atoms with van der Waals surface area (Å²) in [5.74, 6) is 0.0377. The number of primary amides is 1. The number of sulfonamides is 1. The fourth-order valence-electron chi connectivity index (χ4n) is 4.22. The van der Waals surface area contributed by atoms with Gasteiger partial charge in [0.1, 0.15) is 12.1 Å². The van der Waals surface area contributed by atoms with Gasteiger partial charge in [-0.25, -0.2) is 23.5 Å². The molecule has 34 heavy (non-hydrogen) atoms. The number of carbonyl (C=O) groups excluding carboxylic acids is 1. The SMILES string of the molecule is NC(=O)C1CCCN(Cc2cccc(-c3cc(Nc4cccc(CS(N)(=O)=O)c4)ncn3)c2)C1. The Morgan fingerprint density at radius 3 is 2.68 bits per heavy atom. The second-order valence-corrected chi connectivity index (χ2v) is 10.2. The second-order valence-electron chi connectivity index (χ2n) is 8.60. The van der Waals surface area contributed by atoms with E-state index in [0.717, 1.165) is 42.8 Å². The summed E-state index contributed by atoms with van der Waals surface area (Å²) in [7, 11) is -3.61. The Kier molecular flexibility index (Phi) is 7.20. The van der Waals surface area contributed by atoms with Crippen molar-refractivity contribution in [1.82, 2.24) is 14.9 Å². The first-order valence-corrected chi connectivity index (χ1v) is 12.8. The van der Waals surface area contributed by atoms with Crippen LogP contribution in [0.15, 0.2) is 60.9 Å². The Labute approximate surface area is 199 Å². The van der Waals surface area contributed by atoms with Crippen LogP contribution in [0.5, 0.6) is 0 Å². The van der Waals surface area contributed by atoms with Crippen molar-refractivity contribution >= 4 is 27.4 Å². The number of aromatic nitrogens is 2. The molecule has 1 unspecified atom stereocenters. The third-order valence-electron chi connectivity index (χ3n) is 5.77. The van der Waals surface area contributed by atoms with Crippen LogP contribution in [0.3, 0.4) is 0 Å². The molecular weight excluding hydrogens is 452 g/mol. The Morgan fingerprint density at radius 2 is 1.88 bits per heavy atom. The van der Waals surface area contributed by atoms with Gasteiger partial charge >= 0.3 is 0 Å². The molecule has 1 amide bonds. The first kappa shape index (κ1) is 23.8. The zero-order chi connectivity index (χ0) is 24.1. The number of nitrogens with zero attached hydrogens (tertiary/aromatic N) is 3. The zero-order valence-corrected chi connectivity index (χ0v) is 19.5. The number of hydrogen-bond acceptors (Lipinski definition) is 7. The van der Waals surface area contributed by atoms with Gasteiger partial charge in [0.15, 0.2) is 0 Å². The van der Waals surface area contributed by atoms with E-state index in [0.29, 0.717) is 23.6 Å². The van der Waals surface area contributed by atoms with E-state index >= 15 is 0 Å². The summed E-state index contributed by atoms with van der Waals surface area (Å²) in [5, 5.41) is 8.35. The molecule has 178 valence electrons. The molecule has 5 N–H and O–H groups in total. The predicted molar refractivity (Wildman–Crippen MR) is 131 cm³/mol. The maximum atomic E-state index is 11.6. The highest BCUT2D eigenvalue weighted by Gasteiger charge is 2.23. The summed E-state index contributed by atoms with van der Waals surface area (Å²) < 4.78 is 22.8. The van der Waals surface area contributed by atoms with Gasteiger partial charge in [0, 0.05) is 30.4 Å². The predicted octanol–water partition coefficient (Wildman–Crippen LogP) is 2.37. The molecule has 0 spiro atoms. The summed E-state index contributed by atoms with van der Waals surface area (Å²) in [6, 6.07) is 17.0. The molecule has 1 fully saturated rings. The molecule has 10 heteroatoms. The van der Waals surface area contributed by atoms with Crippen LogP contribution in [0.2, 0.25) is 0 Å². The van der Waals surface area contributed by atoms with Crippen molar-refractivity contribution in [3.05, 3.63) is 72.1 Å². The first-order valence-electron chi connectivity index (χ1n) is 11.0. The van der Waals surface area contributed by atoms with E-state index in [1.54, 1.807) is 18.2 Å². The quantitative estimate of drug-likeness (QED) is 0.449. The van der Waals surface area contributed by atoms with Gasteiger partial charge in [0.05, 0.1) is 17.4 Å². The van der Waals surface area contributed by atoms with Gasteiger partial charge in [-0.05, 0) is 48.7 Å². The van der Waals surface area contributed by atoms with Crippen LogP contribution >= 0.6 is 0 Å². The van der Waals surface area contributed by atoms with Crippen molar-refractivity contribution in [3.63, 3.8) is 0 Å². The van der Waals surface area contributed by atoms with Crippen LogP contribution in [0.4, 0.5) is 11.5 Å². The number of benzene rings is 2. The van der Waals surface area contributed by atoms with Crippen molar-refractivity contribution in [3.8, 4) is 11.3 Å². The number of amides is 1. The molecule has 2 aromatic carbocycles. The summed E-state index contributed by atoms with van der Waals surface area (Å²) in [6.45, 7) is 2.37. The van der Waals surface area contributed by atoms with Gasteiger partial charge in [-0.15, -0.1) is 0 Å². The van der Waals surface area contributed by atoms with E-state index in [2.05, 4.69) is 32.3 Å². The number of nitrogens with one attached hydrogen (secondary N) is 1. The van der Waals surface area contributed by atoms with E-state index in [9.17, 15) is 13.2 Å². The molecule has 0 radical (unpaired) electrons. The average molecular weight is 481 g/mol. The minimum atomic E-state index is -3.61. The fourth-order valence-corrected chi connectivity index (χ4v) is 4.87. The number of hydrogen-bond donors (Lipinski definition) is 3. The molecule has 0 bridgehead atoms. The van der Waals surface area contributed by atoms with Crippen LogP contribution in [-0.2, 0) is 27.1 Å². The van der Waals surface area contributed by atoms with Crippen molar-refractivity contribution in [2.45, 2.75) is 25.1 Å². The molecule has 1 aliphatic heterocycles. The molecule has 9 nitrogen and oxygen atoms in total. The van der Waals surface area contributed by atoms with Gasteiger partial charge in [-0.2, -0.15) is 0 Å². The standard InChI is InChI=1S/C24H28N6O3S/c25-24(31)20-7-3-9-30(14-20)13-17-4-1-6-19(10-17)22-12-23(28-16-27-22)29-21-8-2-5-18(11-21)15-34(26,32)33/h1-2,4-6,8,10-12,16,20H,3,7,9,13-15H2,(H2,25,31)(H2,26,32,33)(H,27,28,29). The molecule has 1 aromatic heterocycles. The van der Waals surface area contributed by atoms with Crippen molar-refractivity contribution < 1.29 is 13.2 Å². The van der Waals surface area contributed by atoms with E-state index in [1.807, 2.05) is 24.3 Å². The molecule has 1 aliphatic rings. The maximum Gasteiger partial charge on any atom is 0.221 e. The van der Waals surface area contributed by atoms with Crippen LogP contribution in [-0.4, -0.2) is 42.3 Å². The number of primary sulfonamides is 1. The smallest absolute Gasteiger partial charge is 0.221 e. The molecular formula is C24H28N6O3S. The summed E-state index contributed by atoms with van der Waals surface area (Å²) in [5.41, 5.74) is 9.64. The van der Waals surface area contributed by atoms with Crippen molar-refractivity contribution in [1.29, 1.82) is 0 Å². The van der Waals surface area contributed by atoms with Crippen molar-refractivity contribution in [2.75, 3.05) is 18.4 Å². The normalized spacial score (nSPS) is 16.8. The lowest BCUT2D eigenvalue weighted by Gasteiger charge is -2.31. The van der Waals surface area contributed by atoms with Gasteiger partial charge in [-0.3, -0.25) is 9.69 Å². The number of nitrogens with two attached hydrogens (primary N) is 2. The Morgan fingerprint density at radius 1 is 1.09 bits per heavy atom. The Bertz CT molecular complexity index is 1280. The third kappa shape index (κ3) is 6.60. The fraction of sp³-hybridized carbons (Fsp3) is 0.292. The lowest BCUT2D eigenvalue weighted by Crippen LogP contribution is -2.40. The monoisotopic (exact) mass is 480 g/mol. The summed E-state index contributed by atoms with van der Waals surface area (Å²) >= 11 is 0. The van der Waals surface area contributed by atoms with Gasteiger partial charge < -0.3 is 11.1 Å².